The van der Waals surface area contributed by atoms with Gasteiger partial charge in [-0.05, 0) is 12.1 Å². The molecule has 1 saturated heterocycles. The van der Waals surface area contributed by atoms with Crippen molar-refractivity contribution < 1.29 is 8.78 Å². The van der Waals surface area contributed by atoms with Crippen molar-refractivity contribution in [3.05, 3.63) is 24.3 Å². The second-order valence-corrected chi connectivity index (χ2v) is 4.80. The predicted molar refractivity (Wildman–Crippen MR) is 67.1 cm³/mol. The van der Waals surface area contributed by atoms with Crippen molar-refractivity contribution in [3.63, 3.8) is 0 Å². The number of halogens is 2. The molecule has 0 aliphatic carbocycles. The summed E-state index contributed by atoms with van der Waals surface area (Å²) < 4.78 is 28.3. The fourth-order valence-electron chi connectivity index (χ4n) is 2.45. The number of para-hydroxylation sites is 2. The number of alkyl halides is 2. The van der Waals surface area contributed by atoms with Gasteiger partial charge in [0.05, 0.1) is 11.0 Å². The van der Waals surface area contributed by atoms with Gasteiger partial charge in [-0.1, -0.05) is 12.1 Å². The zero-order chi connectivity index (χ0) is 12.8. The number of anilines is 1. The van der Waals surface area contributed by atoms with Gasteiger partial charge in [0.2, 0.25) is 5.95 Å². The maximum Gasteiger partial charge on any atom is 0.251 e. The lowest BCUT2D eigenvalue weighted by molar-refractivity contribution is -0.0223. The van der Waals surface area contributed by atoms with Crippen molar-refractivity contribution >= 4 is 17.0 Å². The highest BCUT2D eigenvalue weighted by molar-refractivity contribution is 5.78. The van der Waals surface area contributed by atoms with Crippen molar-refractivity contribution in [3.8, 4) is 0 Å². The van der Waals surface area contributed by atoms with Crippen LogP contribution in [0, 0.1) is 0 Å². The number of piperidine rings is 1. The van der Waals surface area contributed by atoms with E-state index in [9.17, 15) is 8.78 Å². The molecule has 0 bridgehead atoms. The Hall–Kier alpha value is -1.65. The summed E-state index contributed by atoms with van der Waals surface area (Å²) in [6.07, 6.45) is -0.174. The fraction of sp³-hybridized carbons (Fsp3) is 0.462. The quantitative estimate of drug-likeness (QED) is 0.777. The topological polar surface area (TPSA) is 21.1 Å². The van der Waals surface area contributed by atoms with Crippen LogP contribution in [0.25, 0.3) is 11.0 Å². The van der Waals surface area contributed by atoms with Crippen LogP contribution in [0.1, 0.15) is 12.8 Å². The Bertz CT molecular complexity index is 567. The molecule has 0 unspecified atom stereocenters. The van der Waals surface area contributed by atoms with E-state index >= 15 is 0 Å². The smallest absolute Gasteiger partial charge is 0.251 e. The molecule has 96 valence electrons. The van der Waals surface area contributed by atoms with Crippen molar-refractivity contribution in [2.24, 2.45) is 7.05 Å². The van der Waals surface area contributed by atoms with Crippen LogP contribution in [0.3, 0.4) is 0 Å². The van der Waals surface area contributed by atoms with E-state index in [1.807, 2.05) is 40.8 Å². The van der Waals surface area contributed by atoms with Gasteiger partial charge < -0.3 is 9.47 Å². The van der Waals surface area contributed by atoms with Gasteiger partial charge in [-0.15, -0.1) is 0 Å². The monoisotopic (exact) mass is 251 g/mol. The average molecular weight is 251 g/mol. The zero-order valence-electron chi connectivity index (χ0n) is 10.2. The van der Waals surface area contributed by atoms with Gasteiger partial charge in [-0.25, -0.2) is 13.8 Å². The highest BCUT2D eigenvalue weighted by Crippen LogP contribution is 2.31. The summed E-state index contributed by atoms with van der Waals surface area (Å²) in [4.78, 5) is 6.47. The predicted octanol–water partition coefficient (Wildman–Crippen LogP) is 2.81. The number of imidazole rings is 1. The molecule has 0 atom stereocenters. The van der Waals surface area contributed by atoms with Crippen LogP contribution in [0.5, 0.6) is 0 Å². The molecule has 0 spiro atoms. The summed E-state index contributed by atoms with van der Waals surface area (Å²) in [6, 6.07) is 7.82. The number of fused-ring (bicyclic) bond motifs is 1. The molecule has 0 radical (unpaired) electrons. The zero-order valence-corrected chi connectivity index (χ0v) is 10.2. The Morgan fingerprint density at radius 1 is 1.17 bits per heavy atom. The van der Waals surface area contributed by atoms with E-state index in [2.05, 4.69) is 4.98 Å². The number of aromatic nitrogens is 2. The van der Waals surface area contributed by atoms with Gasteiger partial charge >= 0.3 is 0 Å². The minimum Gasteiger partial charge on any atom is -0.342 e. The molecular weight excluding hydrogens is 236 g/mol. The van der Waals surface area contributed by atoms with Gasteiger partial charge in [-0.3, -0.25) is 0 Å². The molecule has 0 saturated carbocycles. The minimum atomic E-state index is -2.51. The average Bonchev–Trinajstić information content (AvgIpc) is 2.68. The van der Waals surface area contributed by atoms with Crippen LogP contribution in [-0.4, -0.2) is 28.6 Å². The van der Waals surface area contributed by atoms with E-state index < -0.39 is 5.92 Å². The number of rotatable bonds is 1. The van der Waals surface area contributed by atoms with Crippen molar-refractivity contribution in [1.29, 1.82) is 0 Å². The first-order valence-corrected chi connectivity index (χ1v) is 6.11. The Morgan fingerprint density at radius 3 is 2.50 bits per heavy atom. The summed E-state index contributed by atoms with van der Waals surface area (Å²) in [5.74, 6) is -1.73. The molecule has 2 aromatic rings. The fourth-order valence-corrected chi connectivity index (χ4v) is 2.45. The highest BCUT2D eigenvalue weighted by Gasteiger charge is 2.35. The van der Waals surface area contributed by atoms with E-state index in [1.54, 1.807) is 0 Å². The maximum atomic E-state index is 13.1. The summed E-state index contributed by atoms with van der Waals surface area (Å²) in [5.41, 5.74) is 1.94. The van der Waals surface area contributed by atoms with Gasteiger partial charge in [0.15, 0.2) is 0 Å². The molecule has 3 rings (SSSR count). The third-order valence-corrected chi connectivity index (χ3v) is 3.54. The Kier molecular flexibility index (Phi) is 2.50. The van der Waals surface area contributed by atoms with Crippen LogP contribution in [0.15, 0.2) is 24.3 Å². The molecule has 1 aliphatic heterocycles. The molecule has 5 heteroatoms. The number of nitrogens with zero attached hydrogens (tertiary/aromatic N) is 3. The SMILES string of the molecule is Cn1c(N2CCC(F)(F)CC2)nc2ccccc21. The molecule has 1 aromatic heterocycles. The summed E-state index contributed by atoms with van der Waals surface area (Å²) in [5, 5.41) is 0. The molecule has 18 heavy (non-hydrogen) atoms. The highest BCUT2D eigenvalue weighted by atomic mass is 19.3. The van der Waals surface area contributed by atoms with Crippen LogP contribution < -0.4 is 4.90 Å². The van der Waals surface area contributed by atoms with Gasteiger partial charge in [0, 0.05) is 33.0 Å². The number of hydrogen-bond donors (Lipinski definition) is 0. The normalized spacial score (nSPS) is 19.4. The third kappa shape index (κ3) is 1.83. The van der Waals surface area contributed by atoms with Crippen molar-refractivity contribution in [2.45, 2.75) is 18.8 Å². The Morgan fingerprint density at radius 2 is 1.83 bits per heavy atom. The van der Waals surface area contributed by atoms with Crippen LogP contribution in [0.4, 0.5) is 14.7 Å². The second-order valence-electron chi connectivity index (χ2n) is 4.80. The largest absolute Gasteiger partial charge is 0.342 e. The van der Waals surface area contributed by atoms with E-state index in [-0.39, 0.29) is 12.8 Å². The van der Waals surface area contributed by atoms with E-state index in [0.29, 0.717) is 13.1 Å². The molecule has 0 N–H and O–H groups in total. The third-order valence-electron chi connectivity index (χ3n) is 3.54. The van der Waals surface area contributed by atoms with Gasteiger partial charge in [0.1, 0.15) is 0 Å². The molecule has 3 nitrogen and oxygen atoms in total. The van der Waals surface area contributed by atoms with E-state index in [1.165, 1.54) is 0 Å². The molecule has 1 aromatic carbocycles. The molecule has 1 fully saturated rings. The summed E-state index contributed by atoms with van der Waals surface area (Å²) >= 11 is 0. The first kappa shape index (κ1) is 11.4. The van der Waals surface area contributed by atoms with Crippen LogP contribution in [0.2, 0.25) is 0 Å². The first-order chi connectivity index (χ1) is 8.57. The lowest BCUT2D eigenvalue weighted by atomic mass is 10.1. The molecular formula is C13H15F2N3. The number of hydrogen-bond acceptors (Lipinski definition) is 2. The van der Waals surface area contributed by atoms with E-state index in [0.717, 1.165) is 17.0 Å². The van der Waals surface area contributed by atoms with Crippen LogP contribution in [-0.2, 0) is 7.05 Å². The number of benzene rings is 1. The Balaban J connectivity index is 1.93. The summed E-state index contributed by atoms with van der Waals surface area (Å²) in [7, 11) is 1.93. The van der Waals surface area contributed by atoms with Crippen molar-refractivity contribution in [1.82, 2.24) is 9.55 Å². The van der Waals surface area contributed by atoms with Crippen LogP contribution >= 0.6 is 0 Å². The minimum absolute atomic E-state index is 0.0871. The Labute approximate surface area is 104 Å². The van der Waals surface area contributed by atoms with Crippen molar-refractivity contribution in [2.75, 3.05) is 18.0 Å². The van der Waals surface area contributed by atoms with Gasteiger partial charge in [0.25, 0.3) is 5.92 Å². The molecule has 2 heterocycles. The second kappa shape index (κ2) is 3.93. The lowest BCUT2D eigenvalue weighted by Crippen LogP contribution is -2.40. The molecule has 0 amide bonds. The molecule has 1 aliphatic rings. The number of aryl methyl sites for hydroxylation is 1. The standard InChI is InChI=1S/C13H15F2N3/c1-17-11-5-3-2-4-10(11)16-12(17)18-8-6-13(14,15)7-9-18/h2-5H,6-9H2,1H3. The van der Waals surface area contributed by atoms with Gasteiger partial charge in [-0.2, -0.15) is 0 Å². The lowest BCUT2D eigenvalue weighted by Gasteiger charge is -2.32. The first-order valence-electron chi connectivity index (χ1n) is 6.11. The van der Waals surface area contributed by atoms with E-state index in [4.69, 9.17) is 0 Å². The maximum absolute atomic E-state index is 13.1. The summed E-state index contributed by atoms with van der Waals surface area (Å²) in [6.45, 7) is 0.730.